The summed E-state index contributed by atoms with van der Waals surface area (Å²) in [5.74, 6) is 1.52. The van der Waals surface area contributed by atoms with E-state index in [1.165, 1.54) is 5.56 Å². The maximum absolute atomic E-state index is 11.4. The van der Waals surface area contributed by atoms with Gasteiger partial charge in [-0.3, -0.25) is 4.79 Å². The highest BCUT2D eigenvalue weighted by Gasteiger charge is 2.25. The lowest BCUT2D eigenvalue weighted by Gasteiger charge is -2.24. The van der Waals surface area contributed by atoms with Gasteiger partial charge in [-0.1, -0.05) is 37.3 Å². The fourth-order valence-electron chi connectivity index (χ4n) is 3.40. The molecule has 1 aromatic carbocycles. The highest BCUT2D eigenvalue weighted by Crippen LogP contribution is 2.18. The van der Waals surface area contributed by atoms with Crippen LogP contribution in [0.25, 0.3) is 0 Å². The number of benzene rings is 1. The van der Waals surface area contributed by atoms with Crippen LogP contribution in [0.4, 0.5) is 0 Å². The Morgan fingerprint density at radius 3 is 2.71 bits per heavy atom. The summed E-state index contributed by atoms with van der Waals surface area (Å²) < 4.78 is 0. The molecule has 2 rings (SSSR count). The second kappa shape index (κ2) is 7.60. The number of nitrogens with zero attached hydrogens (tertiary/aromatic N) is 2. The van der Waals surface area contributed by atoms with Gasteiger partial charge in [0.25, 0.3) is 0 Å². The molecule has 0 spiro atoms. The number of carbonyl (C=O) groups excluding carboxylic acids is 1. The topological polar surface area (TPSA) is 23.6 Å². The average molecular weight is 288 g/mol. The van der Waals surface area contributed by atoms with Gasteiger partial charge in [0.1, 0.15) is 0 Å². The summed E-state index contributed by atoms with van der Waals surface area (Å²) in [5.41, 5.74) is 1.42. The predicted octanol–water partition coefficient (Wildman–Crippen LogP) is 2.67. The van der Waals surface area contributed by atoms with Gasteiger partial charge in [0.2, 0.25) is 5.91 Å². The van der Waals surface area contributed by atoms with E-state index in [0.29, 0.717) is 11.8 Å². The first kappa shape index (κ1) is 16.0. The molecule has 0 radical (unpaired) electrons. The van der Waals surface area contributed by atoms with Crippen molar-refractivity contribution in [3.05, 3.63) is 35.9 Å². The normalized spacial score (nSPS) is 20.0. The van der Waals surface area contributed by atoms with Gasteiger partial charge in [-0.2, -0.15) is 0 Å². The molecule has 0 bridgehead atoms. The highest BCUT2D eigenvalue weighted by molar-refractivity contribution is 5.73. The van der Waals surface area contributed by atoms with E-state index in [1.54, 1.807) is 6.92 Å². The van der Waals surface area contributed by atoms with Gasteiger partial charge < -0.3 is 9.80 Å². The molecule has 0 unspecified atom stereocenters. The van der Waals surface area contributed by atoms with E-state index in [-0.39, 0.29) is 5.91 Å². The monoisotopic (exact) mass is 288 g/mol. The fraction of sp³-hybridized carbons (Fsp3) is 0.611. The van der Waals surface area contributed by atoms with Crippen LogP contribution in [0.5, 0.6) is 0 Å². The molecule has 1 heterocycles. The first-order valence-corrected chi connectivity index (χ1v) is 8.02. The third-order valence-corrected chi connectivity index (χ3v) is 4.35. The Labute approximate surface area is 128 Å². The van der Waals surface area contributed by atoms with E-state index in [9.17, 15) is 4.79 Å². The molecule has 0 N–H and O–H groups in total. The van der Waals surface area contributed by atoms with Crippen molar-refractivity contribution in [1.29, 1.82) is 0 Å². The summed E-state index contributed by atoms with van der Waals surface area (Å²) in [7, 11) is 2.21. The third-order valence-electron chi connectivity index (χ3n) is 4.35. The Balaban J connectivity index is 1.72. The van der Waals surface area contributed by atoms with E-state index in [1.807, 2.05) is 4.90 Å². The molecule has 0 aromatic heterocycles. The lowest BCUT2D eigenvalue weighted by Crippen LogP contribution is -2.32. The SMILES string of the molecule is CC(=O)N1CC[C@@H](CN(C)C[C@H](C)Cc2ccccc2)C1. The van der Waals surface area contributed by atoms with Crippen molar-refractivity contribution >= 4 is 5.91 Å². The molecule has 1 amide bonds. The molecule has 3 heteroatoms. The van der Waals surface area contributed by atoms with E-state index in [0.717, 1.165) is 39.0 Å². The second-order valence-electron chi connectivity index (χ2n) is 6.64. The Morgan fingerprint density at radius 2 is 2.10 bits per heavy atom. The fourth-order valence-corrected chi connectivity index (χ4v) is 3.40. The number of hydrogen-bond donors (Lipinski definition) is 0. The summed E-state index contributed by atoms with van der Waals surface area (Å²) in [5, 5.41) is 0. The van der Waals surface area contributed by atoms with Crippen molar-refractivity contribution in [2.24, 2.45) is 11.8 Å². The first-order chi connectivity index (χ1) is 10.0. The Bertz CT molecular complexity index is 446. The molecule has 1 aliphatic heterocycles. The van der Waals surface area contributed by atoms with Gasteiger partial charge in [0.05, 0.1) is 0 Å². The summed E-state index contributed by atoms with van der Waals surface area (Å²) in [6.45, 7) is 8.09. The third kappa shape index (κ3) is 5.16. The first-order valence-electron chi connectivity index (χ1n) is 8.02. The second-order valence-corrected chi connectivity index (χ2v) is 6.64. The van der Waals surface area contributed by atoms with Gasteiger partial charge >= 0.3 is 0 Å². The van der Waals surface area contributed by atoms with Crippen molar-refractivity contribution in [1.82, 2.24) is 9.80 Å². The van der Waals surface area contributed by atoms with Crippen molar-refractivity contribution in [3.63, 3.8) is 0 Å². The zero-order valence-corrected chi connectivity index (χ0v) is 13.6. The number of hydrogen-bond acceptors (Lipinski definition) is 2. The minimum atomic E-state index is 0.220. The lowest BCUT2D eigenvalue weighted by molar-refractivity contribution is -0.127. The van der Waals surface area contributed by atoms with Gasteiger partial charge in [0, 0.05) is 33.1 Å². The smallest absolute Gasteiger partial charge is 0.219 e. The number of amides is 1. The largest absolute Gasteiger partial charge is 0.343 e. The minimum Gasteiger partial charge on any atom is -0.343 e. The molecule has 0 aliphatic carbocycles. The molecule has 1 aliphatic rings. The van der Waals surface area contributed by atoms with Crippen LogP contribution in [0, 0.1) is 11.8 Å². The minimum absolute atomic E-state index is 0.220. The van der Waals surface area contributed by atoms with E-state index in [2.05, 4.69) is 49.2 Å². The van der Waals surface area contributed by atoms with Gasteiger partial charge in [-0.05, 0) is 37.3 Å². The Hall–Kier alpha value is -1.35. The van der Waals surface area contributed by atoms with Crippen LogP contribution in [0.2, 0.25) is 0 Å². The van der Waals surface area contributed by atoms with Crippen LogP contribution >= 0.6 is 0 Å². The lowest BCUT2D eigenvalue weighted by atomic mass is 10.00. The van der Waals surface area contributed by atoms with Crippen molar-refractivity contribution in [2.75, 3.05) is 33.2 Å². The van der Waals surface area contributed by atoms with Gasteiger partial charge in [-0.15, -0.1) is 0 Å². The summed E-state index contributed by atoms with van der Waals surface area (Å²) >= 11 is 0. The van der Waals surface area contributed by atoms with Crippen molar-refractivity contribution < 1.29 is 4.79 Å². The van der Waals surface area contributed by atoms with Crippen LogP contribution in [-0.2, 0) is 11.2 Å². The molecule has 21 heavy (non-hydrogen) atoms. The number of likely N-dealkylation sites (tertiary alicyclic amines) is 1. The number of rotatable bonds is 6. The molecule has 3 nitrogen and oxygen atoms in total. The van der Waals surface area contributed by atoms with Gasteiger partial charge in [0.15, 0.2) is 0 Å². The van der Waals surface area contributed by atoms with Crippen LogP contribution < -0.4 is 0 Å². The number of carbonyl (C=O) groups is 1. The summed E-state index contributed by atoms with van der Waals surface area (Å²) in [6, 6.07) is 10.7. The molecule has 2 atom stereocenters. The zero-order valence-electron chi connectivity index (χ0n) is 13.6. The predicted molar refractivity (Wildman–Crippen MR) is 87.2 cm³/mol. The standard InChI is InChI=1S/C18H28N2O/c1-15(11-17-7-5-4-6-8-17)12-19(3)13-18-9-10-20(14-18)16(2)21/h4-8,15,18H,9-14H2,1-3H3/t15-,18+/m1/s1. The quantitative estimate of drug-likeness (QED) is 0.803. The maximum Gasteiger partial charge on any atom is 0.219 e. The van der Waals surface area contributed by atoms with E-state index in [4.69, 9.17) is 0 Å². The van der Waals surface area contributed by atoms with Crippen LogP contribution in [-0.4, -0.2) is 48.9 Å². The molecule has 0 saturated carbocycles. The molecule has 1 fully saturated rings. The molecular weight excluding hydrogens is 260 g/mol. The molecule has 1 saturated heterocycles. The highest BCUT2D eigenvalue weighted by atomic mass is 16.2. The Morgan fingerprint density at radius 1 is 1.38 bits per heavy atom. The molecular formula is C18H28N2O. The van der Waals surface area contributed by atoms with E-state index >= 15 is 0 Å². The Kier molecular flexibility index (Phi) is 5.80. The average Bonchev–Trinajstić information content (AvgIpc) is 2.88. The van der Waals surface area contributed by atoms with Crippen molar-refractivity contribution in [2.45, 2.75) is 26.7 Å². The van der Waals surface area contributed by atoms with Crippen molar-refractivity contribution in [3.8, 4) is 0 Å². The van der Waals surface area contributed by atoms with Gasteiger partial charge in [-0.25, -0.2) is 0 Å². The summed E-state index contributed by atoms with van der Waals surface area (Å²) in [4.78, 5) is 15.8. The van der Waals surface area contributed by atoms with E-state index < -0.39 is 0 Å². The molecule has 116 valence electrons. The summed E-state index contributed by atoms with van der Waals surface area (Å²) in [6.07, 6.45) is 2.28. The van der Waals surface area contributed by atoms with Crippen LogP contribution in [0.15, 0.2) is 30.3 Å². The zero-order chi connectivity index (χ0) is 15.2. The maximum atomic E-state index is 11.4. The van der Waals surface area contributed by atoms with Crippen LogP contribution in [0.3, 0.4) is 0 Å². The molecule has 1 aromatic rings. The van der Waals surface area contributed by atoms with Crippen LogP contribution in [0.1, 0.15) is 25.8 Å².